The summed E-state index contributed by atoms with van der Waals surface area (Å²) in [6.07, 6.45) is 9.57. The fourth-order valence-electron chi connectivity index (χ4n) is 6.29. The highest BCUT2D eigenvalue weighted by molar-refractivity contribution is 5.85. The number of piperidine rings is 1. The average molecular weight is 785 g/mol. The molecule has 2 aromatic rings. The Kier molecular flexibility index (Phi) is 17.9. The molecule has 2 aromatic heterocycles. The van der Waals surface area contributed by atoms with Gasteiger partial charge in [-0.1, -0.05) is 0 Å². The summed E-state index contributed by atoms with van der Waals surface area (Å²) in [5, 5.41) is 0. The molecule has 15 nitrogen and oxygen atoms in total. The zero-order valence-corrected chi connectivity index (χ0v) is 32.6. The first-order valence-electron chi connectivity index (χ1n) is 18.0. The van der Waals surface area contributed by atoms with Crippen molar-refractivity contribution in [1.82, 2.24) is 34.5 Å². The minimum Gasteiger partial charge on any atom is -0.490 e. The first-order valence-corrected chi connectivity index (χ1v) is 18.0. The van der Waals surface area contributed by atoms with Crippen LogP contribution < -0.4 is 9.47 Å². The number of carbonyl (C=O) groups is 3. The second kappa shape index (κ2) is 21.8. The highest BCUT2D eigenvalue weighted by Gasteiger charge is 2.37. The van der Waals surface area contributed by atoms with Crippen molar-refractivity contribution in [3.05, 3.63) is 49.1 Å². The molecule has 4 saturated heterocycles. The molecule has 0 saturated carbocycles. The maximum absolute atomic E-state index is 13.1. The molecule has 17 heteroatoms. The van der Waals surface area contributed by atoms with E-state index in [0.717, 1.165) is 31.6 Å². The van der Waals surface area contributed by atoms with Gasteiger partial charge in [-0.05, 0) is 64.3 Å². The molecular formula is C36H55Cl2N7O8. The van der Waals surface area contributed by atoms with E-state index in [1.807, 2.05) is 48.8 Å². The van der Waals surface area contributed by atoms with Gasteiger partial charge in [0.05, 0.1) is 50.9 Å². The highest BCUT2D eigenvalue weighted by Crippen LogP contribution is 2.22. The van der Waals surface area contributed by atoms with Crippen LogP contribution in [0.25, 0.3) is 0 Å². The lowest BCUT2D eigenvalue weighted by molar-refractivity contribution is -0.00399. The number of morpholine rings is 2. The van der Waals surface area contributed by atoms with Crippen LogP contribution >= 0.6 is 24.8 Å². The van der Waals surface area contributed by atoms with Gasteiger partial charge in [-0.15, -0.1) is 24.8 Å². The Morgan fingerprint density at radius 3 is 1.70 bits per heavy atom. The minimum atomic E-state index is -0.570. The summed E-state index contributed by atoms with van der Waals surface area (Å²) in [5.74, 6) is 1.38. The molecule has 4 aliphatic rings. The quantitative estimate of drug-likeness (QED) is 0.413. The molecule has 6 heterocycles. The Morgan fingerprint density at radius 2 is 1.21 bits per heavy atom. The fraction of sp³-hybridized carbons (Fsp3) is 0.639. The van der Waals surface area contributed by atoms with Gasteiger partial charge in [0, 0.05) is 64.8 Å². The maximum Gasteiger partial charge on any atom is 0.410 e. The Labute approximate surface area is 325 Å². The first-order chi connectivity index (χ1) is 24.7. The number of ether oxygens (including phenoxy) is 5. The number of amides is 5. The smallest absolute Gasteiger partial charge is 0.410 e. The number of halogens is 2. The van der Waals surface area contributed by atoms with Crippen molar-refractivity contribution in [3.8, 4) is 11.5 Å². The molecule has 4 aliphatic heterocycles. The molecule has 0 radical (unpaired) electrons. The lowest BCUT2D eigenvalue weighted by atomic mass is 10.0. The van der Waals surface area contributed by atoms with Crippen molar-refractivity contribution < 1.29 is 38.1 Å². The van der Waals surface area contributed by atoms with Crippen LogP contribution in [0.5, 0.6) is 11.5 Å². The Balaban J connectivity index is 0.000000284. The molecule has 5 amide bonds. The van der Waals surface area contributed by atoms with Crippen LogP contribution in [0, 0.1) is 0 Å². The number of carbonyl (C=O) groups excluding carboxylic acids is 3. The monoisotopic (exact) mass is 783 g/mol. The SMILES string of the molecule is CC(C)(C)OC(=O)N1CCN(C(=O)N2CCOCC2)C(COc2cccnc2)C1.Cl.Cl.O=C(N1CCOCC1)N1CCCCC1COc1cccnc1. The van der Waals surface area contributed by atoms with Crippen LogP contribution in [0.2, 0.25) is 0 Å². The molecule has 2 unspecified atom stereocenters. The number of hydrogen-bond acceptors (Lipinski definition) is 10. The molecule has 4 fully saturated rings. The van der Waals surface area contributed by atoms with Gasteiger partial charge in [0.15, 0.2) is 0 Å². The standard InChI is InChI=1S/C20H30N4O5.C16H23N3O3.2ClH/c1-20(2,3)29-19(26)23-7-8-24(18(25)22-9-11-27-12-10-22)16(14-23)15-28-17-5-4-6-21-13-17;20-16(18-8-10-21-11-9-18)19-7-2-1-4-14(19)13-22-15-5-3-6-17-12-15;;/h4-6,13,16H,7-12,14-15H2,1-3H3;3,5-6,12,14H,1-2,4,7-11,13H2;2*1H. The van der Waals surface area contributed by atoms with Crippen molar-refractivity contribution >= 4 is 43.0 Å². The van der Waals surface area contributed by atoms with Crippen molar-refractivity contribution in [1.29, 1.82) is 0 Å². The van der Waals surface area contributed by atoms with Crippen molar-refractivity contribution in [3.63, 3.8) is 0 Å². The number of pyridine rings is 2. The number of rotatable bonds is 6. The number of nitrogens with zero attached hydrogens (tertiary/aromatic N) is 7. The number of piperazine rings is 1. The summed E-state index contributed by atoms with van der Waals surface area (Å²) in [6, 6.07) is 7.29. The maximum atomic E-state index is 13.1. The third-order valence-electron chi connectivity index (χ3n) is 8.97. The van der Waals surface area contributed by atoms with Gasteiger partial charge in [0.25, 0.3) is 0 Å². The third-order valence-corrected chi connectivity index (χ3v) is 8.97. The number of urea groups is 2. The minimum absolute atomic E-state index is 0. The van der Waals surface area contributed by atoms with Gasteiger partial charge < -0.3 is 48.2 Å². The van der Waals surface area contributed by atoms with Crippen molar-refractivity contribution in [2.24, 2.45) is 0 Å². The van der Waals surface area contributed by atoms with Crippen LogP contribution in [0.4, 0.5) is 14.4 Å². The predicted molar refractivity (Wildman–Crippen MR) is 202 cm³/mol. The molecule has 53 heavy (non-hydrogen) atoms. The molecule has 0 N–H and O–H groups in total. The van der Waals surface area contributed by atoms with Crippen LogP contribution in [-0.4, -0.2) is 162 Å². The molecule has 0 aliphatic carbocycles. The second-order valence-corrected chi connectivity index (χ2v) is 13.9. The molecule has 0 bridgehead atoms. The van der Waals surface area contributed by atoms with E-state index in [1.165, 1.54) is 0 Å². The Morgan fingerprint density at radius 1 is 0.698 bits per heavy atom. The Bertz CT molecular complexity index is 1380. The Hall–Kier alpha value is -3.79. The summed E-state index contributed by atoms with van der Waals surface area (Å²) in [4.78, 5) is 55.5. The molecule has 2 atom stereocenters. The fourth-order valence-corrected chi connectivity index (χ4v) is 6.29. The van der Waals surface area contributed by atoms with E-state index in [0.29, 0.717) is 84.6 Å². The summed E-state index contributed by atoms with van der Waals surface area (Å²) in [6.45, 7) is 13.2. The topological polar surface area (TPSA) is 139 Å². The van der Waals surface area contributed by atoms with E-state index in [-0.39, 0.29) is 61.7 Å². The number of aromatic nitrogens is 2. The normalized spacial score (nSPS) is 20.5. The van der Waals surface area contributed by atoms with E-state index in [1.54, 1.807) is 45.6 Å². The molecule has 6 rings (SSSR count). The van der Waals surface area contributed by atoms with Gasteiger partial charge in [-0.2, -0.15) is 0 Å². The van der Waals surface area contributed by atoms with Gasteiger partial charge >= 0.3 is 18.2 Å². The van der Waals surface area contributed by atoms with Crippen LogP contribution in [-0.2, 0) is 14.2 Å². The second-order valence-electron chi connectivity index (χ2n) is 13.9. The lowest BCUT2D eigenvalue weighted by Gasteiger charge is -2.43. The van der Waals surface area contributed by atoms with E-state index in [9.17, 15) is 14.4 Å². The van der Waals surface area contributed by atoms with Crippen molar-refractivity contribution in [2.45, 2.75) is 57.7 Å². The van der Waals surface area contributed by atoms with Crippen LogP contribution in [0.1, 0.15) is 40.0 Å². The van der Waals surface area contributed by atoms with E-state index >= 15 is 0 Å². The van der Waals surface area contributed by atoms with Crippen molar-refractivity contribution in [2.75, 3.05) is 92.0 Å². The van der Waals surface area contributed by atoms with Gasteiger partial charge in [-0.25, -0.2) is 14.4 Å². The summed E-state index contributed by atoms with van der Waals surface area (Å²) < 4.78 is 27.9. The highest BCUT2D eigenvalue weighted by atomic mass is 35.5. The number of likely N-dealkylation sites (tertiary alicyclic amines) is 1. The van der Waals surface area contributed by atoms with E-state index in [4.69, 9.17) is 23.7 Å². The largest absolute Gasteiger partial charge is 0.490 e. The van der Waals surface area contributed by atoms with E-state index < -0.39 is 5.60 Å². The average Bonchev–Trinajstić information content (AvgIpc) is 3.17. The van der Waals surface area contributed by atoms with Gasteiger partial charge in [0.2, 0.25) is 0 Å². The van der Waals surface area contributed by atoms with Crippen LogP contribution in [0.15, 0.2) is 49.1 Å². The van der Waals surface area contributed by atoms with E-state index in [2.05, 4.69) is 9.97 Å². The van der Waals surface area contributed by atoms with Crippen LogP contribution in [0.3, 0.4) is 0 Å². The molecular weight excluding hydrogens is 729 g/mol. The first kappa shape index (κ1) is 43.6. The van der Waals surface area contributed by atoms with Gasteiger partial charge in [0.1, 0.15) is 30.3 Å². The zero-order chi connectivity index (χ0) is 36.1. The summed E-state index contributed by atoms with van der Waals surface area (Å²) in [5.41, 5.74) is -0.570. The molecule has 0 spiro atoms. The zero-order valence-electron chi connectivity index (χ0n) is 31.0. The summed E-state index contributed by atoms with van der Waals surface area (Å²) in [7, 11) is 0. The predicted octanol–water partition coefficient (Wildman–Crippen LogP) is 4.44. The number of hydrogen-bond donors (Lipinski definition) is 0. The lowest BCUT2D eigenvalue weighted by Crippen LogP contribution is -2.62. The molecule has 296 valence electrons. The van der Waals surface area contributed by atoms with Gasteiger partial charge in [-0.3, -0.25) is 9.97 Å². The molecule has 0 aromatic carbocycles. The summed E-state index contributed by atoms with van der Waals surface area (Å²) >= 11 is 0. The third kappa shape index (κ3) is 13.5.